The van der Waals surface area contributed by atoms with Crippen LogP contribution in [0, 0.1) is 29.1 Å². The number of rotatable bonds is 5. The van der Waals surface area contributed by atoms with Crippen molar-refractivity contribution in [2.24, 2.45) is 17.8 Å². The molecule has 0 amide bonds. The summed E-state index contributed by atoms with van der Waals surface area (Å²) in [6.45, 7) is 4.91. The van der Waals surface area contributed by atoms with Crippen LogP contribution in [0.25, 0.3) is 45.3 Å². The predicted octanol–water partition coefficient (Wildman–Crippen LogP) is 9.52. The third-order valence-corrected chi connectivity index (χ3v) is 9.54. The molecule has 1 unspecified atom stereocenters. The van der Waals surface area contributed by atoms with E-state index in [-0.39, 0.29) is 0 Å². The molecular weight excluding hydrogens is 524 g/mol. The highest BCUT2D eigenvalue weighted by molar-refractivity contribution is 5.70. The van der Waals surface area contributed by atoms with E-state index in [1.807, 2.05) is 42.5 Å². The van der Waals surface area contributed by atoms with Crippen LogP contribution in [0.3, 0.4) is 0 Å². The highest BCUT2D eigenvalue weighted by Gasteiger charge is 2.45. The quantitative estimate of drug-likeness (QED) is 0.215. The van der Waals surface area contributed by atoms with Crippen LogP contribution in [0.4, 0.5) is 0 Å². The number of aromatic nitrogens is 3. The van der Waals surface area contributed by atoms with Crippen LogP contribution < -0.4 is 0 Å². The van der Waals surface area contributed by atoms with Crippen LogP contribution in [0.2, 0.25) is 0 Å². The van der Waals surface area contributed by atoms with E-state index in [0.29, 0.717) is 28.5 Å². The molecule has 4 aromatic carbocycles. The Morgan fingerprint density at radius 2 is 1.00 bits per heavy atom. The first kappa shape index (κ1) is 27.2. The van der Waals surface area contributed by atoms with Crippen molar-refractivity contribution in [3.63, 3.8) is 0 Å². The number of hydrogen-bond donors (Lipinski definition) is 0. The molecule has 212 valence electrons. The fraction of sp³-hybridized carbons (Fsp3) is 0.282. The highest BCUT2D eigenvalue weighted by atomic mass is 15.0. The Bertz CT molecular complexity index is 1750. The van der Waals surface area contributed by atoms with Crippen molar-refractivity contribution in [2.45, 2.75) is 51.4 Å². The molecule has 43 heavy (non-hydrogen) atoms. The van der Waals surface area contributed by atoms with Gasteiger partial charge in [-0.05, 0) is 96.2 Å². The van der Waals surface area contributed by atoms with Crippen molar-refractivity contribution in [3.8, 4) is 51.4 Å². The number of benzene rings is 4. The van der Waals surface area contributed by atoms with E-state index < -0.39 is 0 Å². The first-order valence-electron chi connectivity index (χ1n) is 15.5. The lowest BCUT2D eigenvalue weighted by atomic mass is 9.54. The molecule has 1 heterocycles. The van der Waals surface area contributed by atoms with E-state index in [9.17, 15) is 5.26 Å². The second-order valence-electron chi connectivity index (χ2n) is 13.0. The maximum absolute atomic E-state index is 9.22. The zero-order valence-electron chi connectivity index (χ0n) is 24.9. The van der Waals surface area contributed by atoms with Crippen molar-refractivity contribution in [1.29, 1.82) is 5.26 Å². The summed E-state index contributed by atoms with van der Waals surface area (Å²) in [6, 6.07) is 37.5. The first-order chi connectivity index (χ1) is 21.0. The lowest BCUT2D eigenvalue weighted by Gasteiger charge is -2.50. The van der Waals surface area contributed by atoms with Gasteiger partial charge in [0.15, 0.2) is 17.5 Å². The molecule has 1 aromatic heterocycles. The van der Waals surface area contributed by atoms with E-state index >= 15 is 0 Å². The Hall–Kier alpha value is -4.62. The van der Waals surface area contributed by atoms with Crippen molar-refractivity contribution in [3.05, 3.63) is 114 Å². The summed E-state index contributed by atoms with van der Waals surface area (Å²) in [5.41, 5.74) is 7.63. The van der Waals surface area contributed by atoms with Crippen LogP contribution in [-0.4, -0.2) is 15.0 Å². The zero-order valence-corrected chi connectivity index (χ0v) is 24.9. The SMILES string of the molecule is C[C@@H]1C[C@@H]2C[C@H](C)CC(c3ccc(-c4ccc(-c5nc(-c6ccccc6)nc(-c6ccc(C#N)cc6)n5)cc4)cc3)(C1)C2. The minimum absolute atomic E-state index is 0.351. The van der Waals surface area contributed by atoms with E-state index in [1.54, 1.807) is 12.1 Å². The molecule has 4 nitrogen and oxygen atoms in total. The predicted molar refractivity (Wildman–Crippen MR) is 173 cm³/mol. The van der Waals surface area contributed by atoms with Gasteiger partial charge in [0, 0.05) is 16.7 Å². The molecule has 4 heteroatoms. The van der Waals surface area contributed by atoms with Crippen LogP contribution in [0.5, 0.6) is 0 Å². The van der Waals surface area contributed by atoms with Crippen LogP contribution in [-0.2, 0) is 5.41 Å². The van der Waals surface area contributed by atoms with Crippen LogP contribution in [0.15, 0.2) is 103 Å². The molecule has 4 atom stereocenters. The second kappa shape index (κ2) is 11.2. The fourth-order valence-electron chi connectivity index (χ4n) is 7.93. The van der Waals surface area contributed by atoms with Gasteiger partial charge in [-0.15, -0.1) is 0 Å². The van der Waals surface area contributed by atoms with Gasteiger partial charge in [0.05, 0.1) is 11.6 Å². The lowest BCUT2D eigenvalue weighted by Crippen LogP contribution is -2.42. The fourth-order valence-corrected chi connectivity index (χ4v) is 7.93. The van der Waals surface area contributed by atoms with Crippen LogP contribution in [0.1, 0.15) is 57.1 Å². The third-order valence-electron chi connectivity index (χ3n) is 9.54. The average Bonchev–Trinajstić information content (AvgIpc) is 3.04. The average molecular weight is 561 g/mol. The second-order valence-corrected chi connectivity index (χ2v) is 13.0. The number of nitrogens with zero attached hydrogens (tertiary/aromatic N) is 4. The van der Waals surface area contributed by atoms with E-state index in [2.05, 4.69) is 68.4 Å². The van der Waals surface area contributed by atoms with Crippen molar-refractivity contribution in [1.82, 2.24) is 15.0 Å². The monoisotopic (exact) mass is 560 g/mol. The van der Waals surface area contributed by atoms with Gasteiger partial charge < -0.3 is 0 Å². The Kier molecular flexibility index (Phi) is 7.11. The number of nitriles is 1. The zero-order chi connectivity index (χ0) is 29.4. The normalized spacial score (nSPS) is 23.0. The van der Waals surface area contributed by atoms with Crippen LogP contribution >= 0.6 is 0 Å². The summed E-state index contributed by atoms with van der Waals surface area (Å²) in [7, 11) is 0. The highest BCUT2D eigenvalue weighted by Crippen LogP contribution is 2.54. The van der Waals surface area contributed by atoms with Gasteiger partial charge in [-0.25, -0.2) is 15.0 Å². The maximum atomic E-state index is 9.22. The lowest BCUT2D eigenvalue weighted by molar-refractivity contribution is 0.0780. The van der Waals surface area contributed by atoms with Gasteiger partial charge in [-0.2, -0.15) is 5.26 Å². The van der Waals surface area contributed by atoms with E-state index in [0.717, 1.165) is 34.4 Å². The molecule has 7 rings (SSSR count). The Balaban J connectivity index is 1.19. The minimum atomic E-state index is 0.351. The summed E-state index contributed by atoms with van der Waals surface area (Å²) in [4.78, 5) is 14.5. The molecule has 2 fully saturated rings. The molecule has 2 aliphatic carbocycles. The smallest absolute Gasteiger partial charge is 0.164 e. The van der Waals surface area contributed by atoms with E-state index in [4.69, 9.17) is 15.0 Å². The number of fused-ring (bicyclic) bond motifs is 2. The Morgan fingerprint density at radius 3 is 1.51 bits per heavy atom. The summed E-state index contributed by atoms with van der Waals surface area (Å²) < 4.78 is 0. The molecule has 0 N–H and O–H groups in total. The standard InChI is InChI=1S/C39H36N4/c1-26-20-29-21-27(2)23-39(22-26,24-29)35-18-16-31(17-19-35)30-12-14-34(15-13-30)38-42-36(32-6-4-3-5-7-32)41-37(43-38)33-10-8-28(25-40)9-11-33/h3-19,26-27,29H,20-24H2,1-2H3/t26-,27+,29-,39?. The molecule has 0 aliphatic heterocycles. The molecule has 2 aliphatic rings. The summed E-state index contributed by atoms with van der Waals surface area (Å²) in [5.74, 6) is 4.35. The summed E-state index contributed by atoms with van der Waals surface area (Å²) in [6.07, 6.45) is 6.81. The van der Waals surface area contributed by atoms with Gasteiger partial charge in [-0.3, -0.25) is 0 Å². The van der Waals surface area contributed by atoms with Gasteiger partial charge in [0.2, 0.25) is 0 Å². The van der Waals surface area contributed by atoms with Crippen molar-refractivity contribution >= 4 is 0 Å². The molecule has 5 aromatic rings. The molecule has 0 radical (unpaired) electrons. The number of hydrogen-bond acceptors (Lipinski definition) is 4. The minimum Gasteiger partial charge on any atom is -0.208 e. The maximum Gasteiger partial charge on any atom is 0.164 e. The molecular formula is C39H36N4. The van der Waals surface area contributed by atoms with Gasteiger partial charge >= 0.3 is 0 Å². The third kappa shape index (κ3) is 5.48. The van der Waals surface area contributed by atoms with Gasteiger partial charge in [0.25, 0.3) is 0 Å². The Morgan fingerprint density at radius 1 is 0.558 bits per heavy atom. The largest absolute Gasteiger partial charge is 0.208 e. The molecule has 0 saturated heterocycles. The molecule has 2 bridgehead atoms. The van der Waals surface area contributed by atoms with Gasteiger partial charge in [-0.1, -0.05) is 92.7 Å². The summed E-state index contributed by atoms with van der Waals surface area (Å²) >= 11 is 0. The summed E-state index contributed by atoms with van der Waals surface area (Å²) in [5, 5.41) is 9.22. The van der Waals surface area contributed by atoms with E-state index in [1.165, 1.54) is 48.8 Å². The van der Waals surface area contributed by atoms with Crippen molar-refractivity contribution < 1.29 is 0 Å². The van der Waals surface area contributed by atoms with Crippen molar-refractivity contribution in [2.75, 3.05) is 0 Å². The first-order valence-corrected chi connectivity index (χ1v) is 15.5. The Labute approximate surface area is 254 Å². The molecule has 2 saturated carbocycles. The molecule has 0 spiro atoms. The topological polar surface area (TPSA) is 62.5 Å². The van der Waals surface area contributed by atoms with Gasteiger partial charge in [0.1, 0.15) is 0 Å².